The van der Waals surface area contributed by atoms with Crippen LogP contribution in [0.1, 0.15) is 21.5 Å². The Morgan fingerprint density at radius 3 is 2.65 bits per heavy atom. The van der Waals surface area contributed by atoms with Gasteiger partial charge in [-0.15, -0.1) is 0 Å². The molecule has 2 aromatic carbocycles. The van der Waals surface area contributed by atoms with Crippen LogP contribution in [-0.2, 0) is 13.2 Å². The van der Waals surface area contributed by atoms with E-state index < -0.39 is 0 Å². The standard InChI is InChI=1S/C15H15ClN2O2/c16-13-6-2-5-12(14(13)17)15(20)18-8-10-3-1-4-11(7-10)9-19/h1-7,19H,8-9,17H2,(H,18,20). The number of carbonyl (C=O) groups excluding carboxylic acids is 1. The zero-order chi connectivity index (χ0) is 14.5. The number of para-hydroxylation sites is 1. The first-order valence-electron chi connectivity index (χ1n) is 6.12. The normalized spacial score (nSPS) is 10.3. The molecule has 0 spiro atoms. The number of carbonyl (C=O) groups is 1. The van der Waals surface area contributed by atoms with Gasteiger partial charge in [-0.1, -0.05) is 41.9 Å². The van der Waals surface area contributed by atoms with Crippen molar-refractivity contribution in [1.82, 2.24) is 5.32 Å². The van der Waals surface area contributed by atoms with Crippen LogP contribution in [0.3, 0.4) is 0 Å². The van der Waals surface area contributed by atoms with E-state index in [2.05, 4.69) is 5.32 Å². The van der Waals surface area contributed by atoms with E-state index in [9.17, 15) is 4.79 Å². The number of anilines is 1. The minimum atomic E-state index is -0.278. The largest absolute Gasteiger partial charge is 0.397 e. The lowest BCUT2D eigenvalue weighted by Gasteiger charge is -2.09. The van der Waals surface area contributed by atoms with E-state index in [0.717, 1.165) is 11.1 Å². The number of halogens is 1. The maximum absolute atomic E-state index is 12.0. The topological polar surface area (TPSA) is 75.4 Å². The highest BCUT2D eigenvalue weighted by Gasteiger charge is 2.11. The predicted molar refractivity (Wildman–Crippen MR) is 79.4 cm³/mol. The fourth-order valence-corrected chi connectivity index (χ4v) is 2.03. The lowest BCUT2D eigenvalue weighted by Crippen LogP contribution is -2.23. The van der Waals surface area contributed by atoms with Crippen LogP contribution in [0.2, 0.25) is 5.02 Å². The fourth-order valence-electron chi connectivity index (χ4n) is 1.85. The maximum atomic E-state index is 12.0. The average Bonchev–Trinajstić information content (AvgIpc) is 2.48. The summed E-state index contributed by atoms with van der Waals surface area (Å²) in [6.07, 6.45) is 0. The van der Waals surface area contributed by atoms with Gasteiger partial charge in [0.1, 0.15) is 0 Å². The molecular weight excluding hydrogens is 276 g/mol. The van der Waals surface area contributed by atoms with Crippen molar-refractivity contribution in [3.05, 3.63) is 64.2 Å². The number of aliphatic hydroxyl groups is 1. The third-order valence-corrected chi connectivity index (χ3v) is 3.25. The first-order valence-corrected chi connectivity index (χ1v) is 6.50. The second-order valence-corrected chi connectivity index (χ2v) is 4.77. The lowest BCUT2D eigenvalue weighted by atomic mass is 10.1. The Balaban J connectivity index is 2.06. The summed E-state index contributed by atoms with van der Waals surface area (Å²) in [5.74, 6) is -0.278. The Kier molecular flexibility index (Phi) is 4.61. The number of hydrogen-bond acceptors (Lipinski definition) is 3. The van der Waals surface area contributed by atoms with Crippen LogP contribution in [0.15, 0.2) is 42.5 Å². The number of aliphatic hydroxyl groups excluding tert-OH is 1. The summed E-state index contributed by atoms with van der Waals surface area (Å²) in [6.45, 7) is 0.335. The molecule has 0 aliphatic rings. The fraction of sp³-hybridized carbons (Fsp3) is 0.133. The molecule has 5 heteroatoms. The van der Waals surface area contributed by atoms with Crippen molar-refractivity contribution in [2.45, 2.75) is 13.2 Å². The molecule has 2 aromatic rings. The highest BCUT2D eigenvalue weighted by molar-refractivity contribution is 6.33. The van der Waals surface area contributed by atoms with Gasteiger partial charge in [-0.3, -0.25) is 4.79 Å². The Hall–Kier alpha value is -2.04. The van der Waals surface area contributed by atoms with Gasteiger partial charge in [0.25, 0.3) is 5.91 Å². The number of rotatable bonds is 4. The summed E-state index contributed by atoms with van der Waals surface area (Å²) >= 11 is 5.88. The Labute approximate surface area is 122 Å². The summed E-state index contributed by atoms with van der Waals surface area (Å²) in [6, 6.07) is 12.3. The zero-order valence-electron chi connectivity index (χ0n) is 10.8. The molecule has 4 N–H and O–H groups in total. The SMILES string of the molecule is Nc1c(Cl)cccc1C(=O)NCc1cccc(CO)c1. The van der Waals surface area contributed by atoms with Crippen LogP contribution < -0.4 is 11.1 Å². The van der Waals surface area contributed by atoms with Crippen molar-refractivity contribution in [2.24, 2.45) is 0 Å². The zero-order valence-corrected chi connectivity index (χ0v) is 11.5. The van der Waals surface area contributed by atoms with Crippen molar-refractivity contribution in [1.29, 1.82) is 0 Å². The summed E-state index contributed by atoms with van der Waals surface area (Å²) in [5, 5.41) is 12.2. The molecule has 104 valence electrons. The number of hydrogen-bond donors (Lipinski definition) is 3. The van der Waals surface area contributed by atoms with E-state index >= 15 is 0 Å². The Bertz CT molecular complexity index is 629. The van der Waals surface area contributed by atoms with E-state index in [1.807, 2.05) is 24.3 Å². The van der Waals surface area contributed by atoms with Crippen LogP contribution in [0.4, 0.5) is 5.69 Å². The number of nitrogens with one attached hydrogen (secondary N) is 1. The average molecular weight is 291 g/mol. The number of nitrogen functional groups attached to an aromatic ring is 1. The van der Waals surface area contributed by atoms with Crippen molar-refractivity contribution < 1.29 is 9.90 Å². The quantitative estimate of drug-likeness (QED) is 0.757. The molecule has 0 saturated heterocycles. The molecule has 0 aliphatic carbocycles. The van der Waals surface area contributed by atoms with Crippen LogP contribution in [-0.4, -0.2) is 11.0 Å². The van der Waals surface area contributed by atoms with Gasteiger partial charge in [-0.2, -0.15) is 0 Å². The summed E-state index contributed by atoms with van der Waals surface area (Å²) in [4.78, 5) is 12.0. The molecule has 0 unspecified atom stereocenters. The third kappa shape index (κ3) is 3.29. The van der Waals surface area contributed by atoms with E-state index in [1.165, 1.54) is 0 Å². The molecule has 0 saturated carbocycles. The molecule has 0 atom stereocenters. The van der Waals surface area contributed by atoms with Gasteiger partial charge >= 0.3 is 0 Å². The van der Waals surface area contributed by atoms with Crippen molar-refractivity contribution >= 4 is 23.2 Å². The summed E-state index contributed by atoms with van der Waals surface area (Å²) in [7, 11) is 0. The van der Waals surface area contributed by atoms with Gasteiger partial charge in [0.15, 0.2) is 0 Å². The molecule has 4 nitrogen and oxygen atoms in total. The second kappa shape index (κ2) is 6.41. The van der Waals surface area contributed by atoms with Crippen LogP contribution in [0, 0.1) is 0 Å². The minimum Gasteiger partial charge on any atom is -0.397 e. The van der Waals surface area contributed by atoms with Gasteiger partial charge in [-0.05, 0) is 23.3 Å². The molecule has 1 amide bonds. The third-order valence-electron chi connectivity index (χ3n) is 2.92. The van der Waals surface area contributed by atoms with Crippen molar-refractivity contribution in [3.63, 3.8) is 0 Å². The second-order valence-electron chi connectivity index (χ2n) is 4.36. The van der Waals surface area contributed by atoms with Crippen LogP contribution >= 0.6 is 11.6 Å². The smallest absolute Gasteiger partial charge is 0.253 e. The molecule has 0 radical (unpaired) electrons. The van der Waals surface area contributed by atoms with Crippen molar-refractivity contribution in [3.8, 4) is 0 Å². The molecule has 0 aliphatic heterocycles. The van der Waals surface area contributed by atoms with Gasteiger partial charge in [-0.25, -0.2) is 0 Å². The van der Waals surface area contributed by atoms with E-state index in [4.69, 9.17) is 22.4 Å². The van der Waals surface area contributed by atoms with Crippen molar-refractivity contribution in [2.75, 3.05) is 5.73 Å². The van der Waals surface area contributed by atoms with E-state index in [1.54, 1.807) is 18.2 Å². The highest BCUT2D eigenvalue weighted by Crippen LogP contribution is 2.22. The molecule has 0 aromatic heterocycles. The van der Waals surface area contributed by atoms with Gasteiger partial charge < -0.3 is 16.2 Å². The predicted octanol–water partition coefficient (Wildman–Crippen LogP) is 2.34. The van der Waals surface area contributed by atoms with Crippen LogP contribution in [0.5, 0.6) is 0 Å². The molecular formula is C15H15ClN2O2. The first-order chi connectivity index (χ1) is 9.61. The Morgan fingerprint density at radius 1 is 1.20 bits per heavy atom. The lowest BCUT2D eigenvalue weighted by molar-refractivity contribution is 0.0952. The number of benzene rings is 2. The maximum Gasteiger partial charge on any atom is 0.253 e. The summed E-state index contributed by atoms with van der Waals surface area (Å²) in [5.41, 5.74) is 8.12. The van der Waals surface area contributed by atoms with E-state index in [0.29, 0.717) is 17.1 Å². The summed E-state index contributed by atoms with van der Waals surface area (Å²) < 4.78 is 0. The number of amides is 1. The van der Waals surface area contributed by atoms with Crippen LogP contribution in [0.25, 0.3) is 0 Å². The molecule has 0 bridgehead atoms. The van der Waals surface area contributed by atoms with Gasteiger partial charge in [0, 0.05) is 6.54 Å². The molecule has 0 heterocycles. The Morgan fingerprint density at radius 2 is 1.90 bits per heavy atom. The number of nitrogens with two attached hydrogens (primary N) is 1. The first kappa shape index (κ1) is 14.4. The molecule has 0 fully saturated rings. The molecule has 20 heavy (non-hydrogen) atoms. The monoisotopic (exact) mass is 290 g/mol. The van der Waals surface area contributed by atoms with Gasteiger partial charge in [0.05, 0.1) is 22.9 Å². The van der Waals surface area contributed by atoms with Gasteiger partial charge in [0.2, 0.25) is 0 Å². The molecule has 2 rings (SSSR count). The van der Waals surface area contributed by atoms with E-state index in [-0.39, 0.29) is 18.2 Å². The minimum absolute atomic E-state index is 0.0248. The highest BCUT2D eigenvalue weighted by atomic mass is 35.5.